The van der Waals surface area contributed by atoms with Gasteiger partial charge in [-0.25, -0.2) is 9.78 Å². The lowest BCUT2D eigenvalue weighted by molar-refractivity contribution is -0.134. The Morgan fingerprint density at radius 2 is 2.26 bits per heavy atom. The van der Waals surface area contributed by atoms with Gasteiger partial charge in [-0.15, -0.1) is 0 Å². The van der Waals surface area contributed by atoms with E-state index in [1.54, 1.807) is 31.4 Å². The van der Waals surface area contributed by atoms with E-state index in [9.17, 15) is 9.59 Å². The summed E-state index contributed by atoms with van der Waals surface area (Å²) < 4.78 is 5.91. The lowest BCUT2D eigenvalue weighted by Crippen LogP contribution is -2.19. The van der Waals surface area contributed by atoms with E-state index in [4.69, 9.17) is 0 Å². The van der Waals surface area contributed by atoms with Crippen LogP contribution in [0.25, 0.3) is 11.7 Å². The second kappa shape index (κ2) is 5.34. The summed E-state index contributed by atoms with van der Waals surface area (Å²) in [6.07, 6.45) is 4.21. The normalized spacial score (nSPS) is 10.8. The molecule has 0 aliphatic carbocycles. The molecule has 19 heavy (non-hydrogen) atoms. The molecule has 0 fully saturated rings. The number of pyridine rings is 1. The summed E-state index contributed by atoms with van der Waals surface area (Å²) in [4.78, 5) is 27.7. The van der Waals surface area contributed by atoms with Crippen LogP contribution in [-0.2, 0) is 9.53 Å². The number of esters is 1. The number of anilines is 1. The number of nitrogens with zero attached hydrogens (tertiary/aromatic N) is 2. The zero-order valence-corrected chi connectivity index (χ0v) is 10.6. The maximum Gasteiger partial charge on any atom is 0.330 e. The molecule has 0 aromatic carbocycles. The minimum atomic E-state index is -0.528. The van der Waals surface area contributed by atoms with Crippen molar-refractivity contribution in [1.29, 1.82) is 0 Å². The average molecular weight is 259 g/mol. The van der Waals surface area contributed by atoms with Crippen molar-refractivity contribution in [2.75, 3.05) is 19.5 Å². The Labute approximate surface area is 109 Å². The highest BCUT2D eigenvalue weighted by Gasteiger charge is 2.09. The Balaban J connectivity index is 2.65. The summed E-state index contributed by atoms with van der Waals surface area (Å²) in [5.41, 5.74) is 0.582. The van der Waals surface area contributed by atoms with Crippen molar-refractivity contribution in [1.82, 2.24) is 9.38 Å². The van der Waals surface area contributed by atoms with Gasteiger partial charge in [0, 0.05) is 19.3 Å². The summed E-state index contributed by atoms with van der Waals surface area (Å²) in [6, 6.07) is 5.27. The standard InChI is InChI=1S/C13H13N3O3/c1-14-12-9(6-7-11(17)19-2)13(18)16-8-4-3-5-10(16)15-12/h3-8,14H,1-2H3/b7-6+. The minimum absolute atomic E-state index is 0.255. The number of carbonyl (C=O) groups excluding carboxylic acids is 1. The minimum Gasteiger partial charge on any atom is -0.466 e. The Bertz CT molecular complexity index is 704. The summed E-state index contributed by atoms with van der Waals surface area (Å²) in [7, 11) is 2.94. The number of fused-ring (bicyclic) bond motifs is 1. The molecule has 0 aliphatic heterocycles. The molecular weight excluding hydrogens is 246 g/mol. The molecule has 2 aromatic rings. The van der Waals surface area contributed by atoms with Crippen LogP contribution in [0.4, 0.5) is 5.82 Å². The molecule has 0 saturated carbocycles. The van der Waals surface area contributed by atoms with E-state index in [2.05, 4.69) is 15.0 Å². The van der Waals surface area contributed by atoms with Gasteiger partial charge in [0.2, 0.25) is 0 Å². The van der Waals surface area contributed by atoms with E-state index < -0.39 is 5.97 Å². The van der Waals surface area contributed by atoms with Crippen molar-refractivity contribution in [3.8, 4) is 0 Å². The Hall–Kier alpha value is -2.63. The number of rotatable bonds is 3. The third-order valence-corrected chi connectivity index (χ3v) is 2.59. The maximum atomic E-state index is 12.3. The molecule has 0 amide bonds. The van der Waals surface area contributed by atoms with E-state index >= 15 is 0 Å². The van der Waals surface area contributed by atoms with E-state index in [0.717, 1.165) is 0 Å². The monoisotopic (exact) mass is 259 g/mol. The fourth-order valence-electron chi connectivity index (χ4n) is 1.66. The van der Waals surface area contributed by atoms with Crippen LogP contribution in [0.2, 0.25) is 0 Å². The number of hydrogen-bond donors (Lipinski definition) is 1. The molecule has 0 saturated heterocycles. The van der Waals surface area contributed by atoms with Crippen LogP contribution < -0.4 is 10.9 Å². The van der Waals surface area contributed by atoms with Gasteiger partial charge in [-0.3, -0.25) is 9.20 Å². The zero-order valence-electron chi connectivity index (χ0n) is 10.6. The van der Waals surface area contributed by atoms with Crippen LogP contribution in [0.5, 0.6) is 0 Å². The quantitative estimate of drug-likeness (QED) is 0.655. The average Bonchev–Trinajstić information content (AvgIpc) is 2.45. The summed E-state index contributed by atoms with van der Waals surface area (Å²) in [6.45, 7) is 0. The van der Waals surface area contributed by atoms with Gasteiger partial charge in [0.25, 0.3) is 5.56 Å². The van der Waals surface area contributed by atoms with E-state index in [-0.39, 0.29) is 5.56 Å². The molecule has 2 rings (SSSR count). The fraction of sp³-hybridized carbons (Fsp3) is 0.154. The second-order valence-corrected chi connectivity index (χ2v) is 3.71. The number of hydrogen-bond acceptors (Lipinski definition) is 5. The molecule has 2 aromatic heterocycles. The molecule has 1 N–H and O–H groups in total. The van der Waals surface area contributed by atoms with Gasteiger partial charge in [-0.05, 0) is 18.2 Å². The molecule has 6 heteroatoms. The van der Waals surface area contributed by atoms with Crippen molar-refractivity contribution >= 4 is 23.5 Å². The van der Waals surface area contributed by atoms with E-state index in [1.807, 2.05) is 0 Å². The number of nitrogens with one attached hydrogen (secondary N) is 1. The third-order valence-electron chi connectivity index (χ3n) is 2.59. The van der Waals surface area contributed by atoms with Crippen LogP contribution in [-0.4, -0.2) is 29.5 Å². The first-order chi connectivity index (χ1) is 9.17. The molecular formula is C13H13N3O3. The molecule has 0 bridgehead atoms. The van der Waals surface area contributed by atoms with Gasteiger partial charge in [0.15, 0.2) is 0 Å². The van der Waals surface area contributed by atoms with Crippen LogP contribution >= 0.6 is 0 Å². The van der Waals surface area contributed by atoms with Gasteiger partial charge in [0.05, 0.1) is 12.7 Å². The van der Waals surface area contributed by atoms with Crippen molar-refractivity contribution in [3.05, 3.63) is 46.4 Å². The summed E-state index contributed by atoms with van der Waals surface area (Å²) in [5.74, 6) is -0.115. The van der Waals surface area contributed by atoms with E-state index in [0.29, 0.717) is 17.0 Å². The molecule has 0 spiro atoms. The van der Waals surface area contributed by atoms with E-state index in [1.165, 1.54) is 23.7 Å². The molecule has 0 aliphatic rings. The molecule has 2 heterocycles. The van der Waals surface area contributed by atoms with Crippen LogP contribution in [0.15, 0.2) is 35.3 Å². The third kappa shape index (κ3) is 2.47. The predicted molar refractivity (Wildman–Crippen MR) is 72.1 cm³/mol. The van der Waals surface area contributed by atoms with Gasteiger partial charge in [-0.2, -0.15) is 0 Å². The zero-order chi connectivity index (χ0) is 13.8. The van der Waals surface area contributed by atoms with Gasteiger partial charge < -0.3 is 10.1 Å². The molecule has 6 nitrogen and oxygen atoms in total. The fourth-order valence-corrected chi connectivity index (χ4v) is 1.66. The van der Waals surface area contributed by atoms with Crippen LogP contribution in [0, 0.1) is 0 Å². The van der Waals surface area contributed by atoms with Gasteiger partial charge >= 0.3 is 5.97 Å². The number of ether oxygens (including phenoxy) is 1. The van der Waals surface area contributed by atoms with Gasteiger partial charge in [-0.1, -0.05) is 6.07 Å². The first-order valence-electron chi connectivity index (χ1n) is 5.62. The molecule has 0 unspecified atom stereocenters. The molecule has 0 radical (unpaired) electrons. The van der Waals surface area contributed by atoms with Crippen molar-refractivity contribution in [2.45, 2.75) is 0 Å². The molecule has 98 valence electrons. The number of methoxy groups -OCH3 is 1. The van der Waals surface area contributed by atoms with Crippen molar-refractivity contribution in [2.24, 2.45) is 0 Å². The Morgan fingerprint density at radius 1 is 1.47 bits per heavy atom. The smallest absolute Gasteiger partial charge is 0.330 e. The predicted octanol–water partition coefficient (Wildman–Crippen LogP) is 0.922. The lowest BCUT2D eigenvalue weighted by Gasteiger charge is -2.07. The lowest BCUT2D eigenvalue weighted by atomic mass is 10.2. The number of carbonyl (C=O) groups is 1. The highest BCUT2D eigenvalue weighted by atomic mass is 16.5. The summed E-state index contributed by atoms with van der Waals surface area (Å²) >= 11 is 0. The Morgan fingerprint density at radius 3 is 2.95 bits per heavy atom. The van der Waals surface area contributed by atoms with Crippen LogP contribution in [0.3, 0.4) is 0 Å². The Kier molecular flexibility index (Phi) is 3.61. The first kappa shape index (κ1) is 12.8. The van der Waals surface area contributed by atoms with Gasteiger partial charge in [0.1, 0.15) is 11.5 Å². The molecule has 0 atom stereocenters. The topological polar surface area (TPSA) is 72.7 Å². The highest BCUT2D eigenvalue weighted by molar-refractivity contribution is 5.88. The van der Waals surface area contributed by atoms with Crippen LogP contribution in [0.1, 0.15) is 5.56 Å². The van der Waals surface area contributed by atoms with Crippen molar-refractivity contribution < 1.29 is 9.53 Å². The first-order valence-corrected chi connectivity index (χ1v) is 5.62. The maximum absolute atomic E-state index is 12.3. The number of aromatic nitrogens is 2. The second-order valence-electron chi connectivity index (χ2n) is 3.71. The largest absolute Gasteiger partial charge is 0.466 e. The summed E-state index contributed by atoms with van der Waals surface area (Å²) in [5, 5.41) is 2.84. The highest BCUT2D eigenvalue weighted by Crippen LogP contribution is 2.11. The van der Waals surface area contributed by atoms with Crippen molar-refractivity contribution in [3.63, 3.8) is 0 Å². The SMILES string of the molecule is CNc1nc2ccccn2c(=O)c1/C=C/C(=O)OC.